The Labute approximate surface area is 126 Å². The van der Waals surface area contributed by atoms with Crippen molar-refractivity contribution >= 4 is 0 Å². The van der Waals surface area contributed by atoms with E-state index in [1.54, 1.807) is 19.1 Å². The summed E-state index contributed by atoms with van der Waals surface area (Å²) < 4.78 is 13.5. The number of phenolic OH excluding ortho intramolecular Hbond substituents is 2. The lowest BCUT2D eigenvalue weighted by Crippen LogP contribution is -2.12. The molecule has 0 spiro atoms. The van der Waals surface area contributed by atoms with Crippen LogP contribution in [0.1, 0.15) is 63.0 Å². The second-order valence-electron chi connectivity index (χ2n) is 6.07. The maximum Gasteiger partial charge on any atom is 0.123 e. The average molecular weight is 292 g/mol. The fourth-order valence-corrected chi connectivity index (χ4v) is 3.07. The number of benzene rings is 1. The molecule has 1 aliphatic carbocycles. The van der Waals surface area contributed by atoms with E-state index < -0.39 is 6.17 Å². The van der Waals surface area contributed by atoms with Crippen molar-refractivity contribution in [1.29, 1.82) is 0 Å². The monoisotopic (exact) mass is 292 g/mol. The normalized spacial score (nSPS) is 22.1. The summed E-state index contributed by atoms with van der Waals surface area (Å²) in [5, 5.41) is 20.5. The van der Waals surface area contributed by atoms with Crippen LogP contribution in [-0.2, 0) is 6.42 Å². The summed E-state index contributed by atoms with van der Waals surface area (Å²) in [5.74, 6) is 0.169. The third kappa shape index (κ3) is 3.78. The molecule has 21 heavy (non-hydrogen) atoms. The van der Waals surface area contributed by atoms with Crippen LogP contribution in [0, 0.1) is 0 Å². The van der Waals surface area contributed by atoms with E-state index in [9.17, 15) is 14.6 Å². The number of rotatable bonds is 5. The number of hydrogen-bond acceptors (Lipinski definition) is 2. The summed E-state index contributed by atoms with van der Waals surface area (Å²) in [5.41, 5.74) is 2.19. The number of phenols is 2. The second kappa shape index (κ2) is 6.97. The van der Waals surface area contributed by atoms with Gasteiger partial charge < -0.3 is 10.2 Å². The highest BCUT2D eigenvalue weighted by atomic mass is 19.1. The molecule has 0 aromatic heterocycles. The molecule has 2 rings (SSSR count). The van der Waals surface area contributed by atoms with Crippen LogP contribution in [0.2, 0.25) is 0 Å². The molecule has 0 radical (unpaired) electrons. The number of aryl methyl sites for hydroxylation is 1. The number of halogens is 1. The summed E-state index contributed by atoms with van der Waals surface area (Å²) in [6.45, 7) is 3.91. The van der Waals surface area contributed by atoms with E-state index in [0.29, 0.717) is 24.0 Å². The maximum atomic E-state index is 13.5. The van der Waals surface area contributed by atoms with Crippen molar-refractivity contribution in [3.63, 3.8) is 0 Å². The zero-order chi connectivity index (χ0) is 15.4. The van der Waals surface area contributed by atoms with Gasteiger partial charge in [-0.05, 0) is 55.9 Å². The smallest absolute Gasteiger partial charge is 0.123 e. The van der Waals surface area contributed by atoms with Gasteiger partial charge in [0.25, 0.3) is 0 Å². The van der Waals surface area contributed by atoms with Gasteiger partial charge in [0.15, 0.2) is 0 Å². The Balaban J connectivity index is 2.21. The van der Waals surface area contributed by atoms with Gasteiger partial charge in [-0.2, -0.15) is 0 Å². The molecule has 2 atom stereocenters. The molecule has 0 saturated carbocycles. The minimum Gasteiger partial charge on any atom is -0.507 e. The standard InChI is InChI=1S/C18H25FO2/c1-3-4-5-6-13-10-16(20)18(17(21)11-13)14-7-8-15(19)12(2)9-14/h9-11,14-15,20-21H,3-8H2,1-2H3. The Kier molecular flexibility index (Phi) is 5.27. The molecule has 0 aliphatic heterocycles. The van der Waals surface area contributed by atoms with Crippen molar-refractivity contribution in [1.82, 2.24) is 0 Å². The van der Waals surface area contributed by atoms with E-state index in [0.717, 1.165) is 31.2 Å². The van der Waals surface area contributed by atoms with Crippen molar-refractivity contribution < 1.29 is 14.6 Å². The molecule has 2 N–H and O–H groups in total. The van der Waals surface area contributed by atoms with Gasteiger partial charge in [-0.1, -0.05) is 25.8 Å². The summed E-state index contributed by atoms with van der Waals surface area (Å²) in [4.78, 5) is 0. The number of alkyl halides is 1. The third-order valence-corrected chi connectivity index (χ3v) is 4.33. The SMILES string of the molecule is CCCCCc1cc(O)c(C2C=C(C)C(F)CC2)c(O)c1. The van der Waals surface area contributed by atoms with Gasteiger partial charge in [-0.25, -0.2) is 4.39 Å². The van der Waals surface area contributed by atoms with Crippen LogP contribution in [0.25, 0.3) is 0 Å². The lowest BCUT2D eigenvalue weighted by molar-refractivity contribution is 0.329. The van der Waals surface area contributed by atoms with Crippen molar-refractivity contribution in [2.45, 2.75) is 64.5 Å². The van der Waals surface area contributed by atoms with Crippen LogP contribution in [0.15, 0.2) is 23.8 Å². The fourth-order valence-electron chi connectivity index (χ4n) is 3.07. The van der Waals surface area contributed by atoms with Crippen LogP contribution < -0.4 is 0 Å². The molecule has 0 bridgehead atoms. The summed E-state index contributed by atoms with van der Waals surface area (Å²) >= 11 is 0. The van der Waals surface area contributed by atoms with Crippen LogP contribution in [0.5, 0.6) is 11.5 Å². The molecule has 0 saturated heterocycles. The Morgan fingerprint density at radius 1 is 1.14 bits per heavy atom. The molecule has 0 fully saturated rings. The van der Waals surface area contributed by atoms with Gasteiger partial charge in [0.1, 0.15) is 17.7 Å². The van der Waals surface area contributed by atoms with Gasteiger partial charge in [-0.15, -0.1) is 0 Å². The van der Waals surface area contributed by atoms with Gasteiger partial charge >= 0.3 is 0 Å². The van der Waals surface area contributed by atoms with E-state index in [1.165, 1.54) is 0 Å². The first-order chi connectivity index (χ1) is 10.0. The molecule has 1 aliphatic rings. The summed E-state index contributed by atoms with van der Waals surface area (Å²) in [6.07, 6.45) is 6.22. The van der Waals surface area contributed by atoms with Gasteiger partial charge in [0.2, 0.25) is 0 Å². The Morgan fingerprint density at radius 2 is 1.81 bits per heavy atom. The topological polar surface area (TPSA) is 40.5 Å². The van der Waals surface area contributed by atoms with Gasteiger partial charge in [-0.3, -0.25) is 0 Å². The van der Waals surface area contributed by atoms with E-state index >= 15 is 0 Å². The number of aromatic hydroxyl groups is 2. The first-order valence-corrected chi connectivity index (χ1v) is 7.90. The molecule has 0 amide bonds. The van der Waals surface area contributed by atoms with Crippen molar-refractivity contribution in [3.8, 4) is 11.5 Å². The lowest BCUT2D eigenvalue weighted by atomic mass is 9.84. The molecule has 2 unspecified atom stereocenters. The second-order valence-corrected chi connectivity index (χ2v) is 6.07. The van der Waals surface area contributed by atoms with E-state index in [-0.39, 0.29) is 17.4 Å². The molecule has 0 heterocycles. The fraction of sp³-hybridized carbons (Fsp3) is 0.556. The highest BCUT2D eigenvalue weighted by Crippen LogP contribution is 2.42. The minimum atomic E-state index is -0.890. The molecule has 1 aromatic carbocycles. The Hall–Kier alpha value is -1.51. The first kappa shape index (κ1) is 15.9. The van der Waals surface area contributed by atoms with Crippen molar-refractivity contribution in [2.24, 2.45) is 0 Å². The van der Waals surface area contributed by atoms with Crippen LogP contribution in [0.4, 0.5) is 4.39 Å². The molecule has 3 heteroatoms. The zero-order valence-corrected chi connectivity index (χ0v) is 12.9. The minimum absolute atomic E-state index is 0.0957. The summed E-state index contributed by atoms with van der Waals surface area (Å²) in [6, 6.07) is 3.49. The predicted molar refractivity (Wildman–Crippen MR) is 83.6 cm³/mol. The quantitative estimate of drug-likeness (QED) is 0.592. The average Bonchev–Trinajstić information content (AvgIpc) is 2.42. The molecule has 116 valence electrons. The maximum absolute atomic E-state index is 13.5. The number of unbranched alkanes of at least 4 members (excludes halogenated alkanes) is 2. The third-order valence-electron chi connectivity index (χ3n) is 4.33. The van der Waals surface area contributed by atoms with E-state index in [4.69, 9.17) is 0 Å². The summed E-state index contributed by atoms with van der Waals surface area (Å²) in [7, 11) is 0. The van der Waals surface area contributed by atoms with Crippen LogP contribution in [0.3, 0.4) is 0 Å². The Morgan fingerprint density at radius 3 is 2.38 bits per heavy atom. The van der Waals surface area contributed by atoms with Crippen LogP contribution in [-0.4, -0.2) is 16.4 Å². The molecular formula is C18H25FO2. The number of allylic oxidation sites excluding steroid dienone is 2. The van der Waals surface area contributed by atoms with E-state index in [1.807, 2.05) is 6.08 Å². The van der Waals surface area contributed by atoms with Gasteiger partial charge in [0, 0.05) is 11.5 Å². The van der Waals surface area contributed by atoms with Crippen molar-refractivity contribution in [3.05, 3.63) is 34.9 Å². The van der Waals surface area contributed by atoms with Gasteiger partial charge in [0.05, 0.1) is 0 Å². The predicted octanol–water partition coefficient (Wildman–Crippen LogP) is 4.99. The number of hydrogen-bond donors (Lipinski definition) is 2. The van der Waals surface area contributed by atoms with Crippen molar-refractivity contribution in [2.75, 3.05) is 0 Å². The van der Waals surface area contributed by atoms with E-state index in [2.05, 4.69) is 6.92 Å². The first-order valence-electron chi connectivity index (χ1n) is 7.90. The zero-order valence-electron chi connectivity index (χ0n) is 12.9. The highest BCUT2D eigenvalue weighted by Gasteiger charge is 2.25. The lowest BCUT2D eigenvalue weighted by Gasteiger charge is -2.24. The Bertz CT molecular complexity index is 499. The molecular weight excluding hydrogens is 267 g/mol. The van der Waals surface area contributed by atoms with Crippen LogP contribution >= 0.6 is 0 Å². The molecule has 1 aromatic rings. The highest BCUT2D eigenvalue weighted by molar-refractivity contribution is 5.50. The largest absolute Gasteiger partial charge is 0.507 e. The molecule has 2 nitrogen and oxygen atoms in total.